The molecule has 0 aromatic heterocycles. The Morgan fingerprint density at radius 1 is 1.09 bits per heavy atom. The molecule has 0 saturated heterocycles. The molecule has 0 unspecified atom stereocenters. The Balaban J connectivity index is 0.00000242. The molecule has 0 atom stereocenters. The Morgan fingerprint density at radius 3 is 2.50 bits per heavy atom. The summed E-state index contributed by atoms with van der Waals surface area (Å²) in [5, 5.41) is 3.13. The first kappa shape index (κ1) is 18.3. The topological polar surface area (TPSA) is 59.6 Å². The Bertz CT molecular complexity index is 587. The first-order valence-electron chi connectivity index (χ1n) is 6.99. The Labute approximate surface area is 148 Å². The van der Waals surface area contributed by atoms with Crippen LogP contribution in [0.15, 0.2) is 59.6 Å². The predicted octanol–water partition coefficient (Wildman–Crippen LogP) is 2.96. The third kappa shape index (κ3) is 5.93. The fraction of sp³-hybridized carbons (Fsp3) is 0.235. The highest BCUT2D eigenvalue weighted by Crippen LogP contribution is 2.17. The molecule has 0 heterocycles. The molecule has 2 rings (SSSR count). The van der Waals surface area contributed by atoms with Crippen LogP contribution in [0, 0.1) is 0 Å². The van der Waals surface area contributed by atoms with E-state index in [1.807, 2.05) is 42.5 Å². The molecule has 2 aromatic rings. The molecule has 0 aliphatic carbocycles. The Morgan fingerprint density at radius 2 is 1.77 bits per heavy atom. The first-order valence-corrected chi connectivity index (χ1v) is 6.99. The van der Waals surface area contributed by atoms with Crippen LogP contribution in [-0.4, -0.2) is 19.6 Å². The van der Waals surface area contributed by atoms with Gasteiger partial charge in [-0.15, -0.1) is 24.0 Å². The highest BCUT2D eigenvalue weighted by molar-refractivity contribution is 14.0. The second kappa shape index (κ2) is 10.0. The maximum atomic E-state index is 5.88. The Kier molecular flexibility index (Phi) is 8.35. The van der Waals surface area contributed by atoms with Gasteiger partial charge in [-0.25, -0.2) is 4.99 Å². The number of aliphatic imine (C=N–C) groups is 1. The molecule has 3 N–H and O–H groups in total. The van der Waals surface area contributed by atoms with E-state index in [0.717, 1.165) is 24.3 Å². The van der Waals surface area contributed by atoms with Crippen LogP contribution < -0.4 is 15.8 Å². The molecule has 0 saturated carbocycles. The number of ether oxygens (including phenoxy) is 1. The second-order valence-electron chi connectivity index (χ2n) is 4.68. The van der Waals surface area contributed by atoms with E-state index in [4.69, 9.17) is 10.5 Å². The van der Waals surface area contributed by atoms with Crippen LogP contribution in [0.2, 0.25) is 0 Å². The van der Waals surface area contributed by atoms with Gasteiger partial charge in [0.25, 0.3) is 0 Å². The SMILES string of the molecule is COc1ccccc1CN=C(N)NCCc1ccccc1.I. The van der Waals surface area contributed by atoms with Crippen molar-refractivity contribution < 1.29 is 4.74 Å². The van der Waals surface area contributed by atoms with Gasteiger partial charge in [-0.1, -0.05) is 48.5 Å². The summed E-state index contributed by atoms with van der Waals surface area (Å²) in [6, 6.07) is 18.1. The van der Waals surface area contributed by atoms with Crippen molar-refractivity contribution in [1.82, 2.24) is 5.32 Å². The predicted molar refractivity (Wildman–Crippen MR) is 102 cm³/mol. The second-order valence-corrected chi connectivity index (χ2v) is 4.68. The minimum atomic E-state index is 0. The molecule has 2 aromatic carbocycles. The van der Waals surface area contributed by atoms with E-state index < -0.39 is 0 Å². The van der Waals surface area contributed by atoms with Gasteiger partial charge in [0.1, 0.15) is 5.75 Å². The van der Waals surface area contributed by atoms with Gasteiger partial charge in [-0.05, 0) is 18.1 Å². The number of hydrogen-bond acceptors (Lipinski definition) is 2. The zero-order valence-corrected chi connectivity index (χ0v) is 15.0. The summed E-state index contributed by atoms with van der Waals surface area (Å²) in [6.07, 6.45) is 0.922. The lowest BCUT2D eigenvalue weighted by atomic mass is 10.1. The number of hydrogen-bond donors (Lipinski definition) is 2. The van der Waals surface area contributed by atoms with Gasteiger partial charge in [0.05, 0.1) is 13.7 Å². The lowest BCUT2D eigenvalue weighted by molar-refractivity contribution is 0.410. The number of para-hydroxylation sites is 1. The molecule has 0 aliphatic rings. The van der Waals surface area contributed by atoms with Crippen LogP contribution in [0.25, 0.3) is 0 Å². The number of halogens is 1. The summed E-state index contributed by atoms with van der Waals surface area (Å²) in [5.74, 6) is 1.29. The number of methoxy groups -OCH3 is 1. The zero-order chi connectivity index (χ0) is 14.9. The van der Waals surface area contributed by atoms with Crippen LogP contribution in [0.5, 0.6) is 5.75 Å². The van der Waals surface area contributed by atoms with Crippen molar-refractivity contribution >= 4 is 29.9 Å². The van der Waals surface area contributed by atoms with Gasteiger partial charge < -0.3 is 15.8 Å². The monoisotopic (exact) mass is 411 g/mol. The van der Waals surface area contributed by atoms with E-state index in [1.54, 1.807) is 7.11 Å². The van der Waals surface area contributed by atoms with E-state index in [-0.39, 0.29) is 24.0 Å². The van der Waals surface area contributed by atoms with Gasteiger partial charge >= 0.3 is 0 Å². The van der Waals surface area contributed by atoms with Gasteiger partial charge in [-0.3, -0.25) is 0 Å². The van der Waals surface area contributed by atoms with Crippen molar-refractivity contribution in [2.45, 2.75) is 13.0 Å². The van der Waals surface area contributed by atoms with Crippen LogP contribution in [0.4, 0.5) is 0 Å². The molecule has 5 heteroatoms. The number of nitrogens with one attached hydrogen (secondary N) is 1. The van der Waals surface area contributed by atoms with Crippen LogP contribution in [0.1, 0.15) is 11.1 Å². The van der Waals surface area contributed by atoms with E-state index in [0.29, 0.717) is 12.5 Å². The molecule has 0 fully saturated rings. The zero-order valence-electron chi connectivity index (χ0n) is 12.7. The molecular formula is C17H22IN3O. The number of nitrogens with zero attached hydrogens (tertiary/aromatic N) is 1. The summed E-state index contributed by atoms with van der Waals surface area (Å²) in [6.45, 7) is 1.28. The molecule has 0 bridgehead atoms. The third-order valence-electron chi connectivity index (χ3n) is 3.17. The summed E-state index contributed by atoms with van der Waals surface area (Å²) in [7, 11) is 1.66. The van der Waals surface area contributed by atoms with E-state index in [9.17, 15) is 0 Å². The van der Waals surface area contributed by atoms with Crippen molar-refractivity contribution in [3.63, 3.8) is 0 Å². The average Bonchev–Trinajstić information content (AvgIpc) is 2.54. The largest absolute Gasteiger partial charge is 0.496 e. The van der Waals surface area contributed by atoms with Crippen LogP contribution in [0.3, 0.4) is 0 Å². The van der Waals surface area contributed by atoms with E-state index in [2.05, 4.69) is 22.4 Å². The maximum Gasteiger partial charge on any atom is 0.188 e. The molecule has 0 amide bonds. The minimum Gasteiger partial charge on any atom is -0.496 e. The van der Waals surface area contributed by atoms with Crippen LogP contribution in [-0.2, 0) is 13.0 Å². The first-order chi connectivity index (χ1) is 10.3. The summed E-state index contributed by atoms with van der Waals surface area (Å²) in [5.41, 5.74) is 8.18. The normalized spacial score (nSPS) is 10.7. The number of nitrogens with two attached hydrogens (primary N) is 1. The van der Waals surface area contributed by atoms with Crippen molar-refractivity contribution in [1.29, 1.82) is 0 Å². The lowest BCUT2D eigenvalue weighted by Gasteiger charge is -2.08. The Hall–Kier alpha value is -1.76. The fourth-order valence-corrected chi connectivity index (χ4v) is 2.04. The third-order valence-corrected chi connectivity index (χ3v) is 3.17. The smallest absolute Gasteiger partial charge is 0.188 e. The van der Waals surface area contributed by atoms with Crippen molar-refractivity contribution in [3.8, 4) is 5.75 Å². The highest BCUT2D eigenvalue weighted by atomic mass is 127. The maximum absolute atomic E-state index is 5.88. The van der Waals surface area contributed by atoms with E-state index >= 15 is 0 Å². The number of guanidine groups is 1. The quantitative estimate of drug-likeness (QED) is 0.437. The highest BCUT2D eigenvalue weighted by Gasteiger charge is 2.00. The number of rotatable bonds is 6. The summed E-state index contributed by atoms with van der Waals surface area (Å²) < 4.78 is 5.29. The molecule has 22 heavy (non-hydrogen) atoms. The van der Waals surface area contributed by atoms with Gasteiger partial charge in [-0.2, -0.15) is 0 Å². The van der Waals surface area contributed by atoms with Crippen molar-refractivity contribution in [2.24, 2.45) is 10.7 Å². The molecule has 0 aliphatic heterocycles. The molecule has 4 nitrogen and oxygen atoms in total. The molecular weight excluding hydrogens is 389 g/mol. The summed E-state index contributed by atoms with van der Waals surface area (Å²) in [4.78, 5) is 4.34. The van der Waals surface area contributed by atoms with Crippen molar-refractivity contribution in [3.05, 3.63) is 65.7 Å². The summed E-state index contributed by atoms with van der Waals surface area (Å²) >= 11 is 0. The van der Waals surface area contributed by atoms with Gasteiger partial charge in [0.2, 0.25) is 0 Å². The molecule has 0 spiro atoms. The van der Waals surface area contributed by atoms with Crippen LogP contribution >= 0.6 is 24.0 Å². The minimum absolute atomic E-state index is 0. The lowest BCUT2D eigenvalue weighted by Crippen LogP contribution is -2.33. The average molecular weight is 411 g/mol. The number of benzene rings is 2. The standard InChI is InChI=1S/C17H21N3O.HI/c1-21-16-10-6-5-9-15(16)13-20-17(18)19-12-11-14-7-3-2-4-8-14;/h2-10H,11-13H2,1H3,(H3,18,19,20);1H. The van der Waals surface area contributed by atoms with Crippen molar-refractivity contribution in [2.75, 3.05) is 13.7 Å². The fourth-order valence-electron chi connectivity index (χ4n) is 2.04. The molecule has 0 radical (unpaired) electrons. The molecule has 118 valence electrons. The van der Waals surface area contributed by atoms with E-state index in [1.165, 1.54) is 5.56 Å². The van der Waals surface area contributed by atoms with Gasteiger partial charge in [0.15, 0.2) is 5.96 Å². The van der Waals surface area contributed by atoms with Gasteiger partial charge in [0, 0.05) is 12.1 Å².